The molecule has 1 aromatic heterocycles. The van der Waals surface area contributed by atoms with Crippen molar-refractivity contribution in [3.63, 3.8) is 0 Å². The van der Waals surface area contributed by atoms with Gasteiger partial charge in [0.15, 0.2) is 0 Å². The molecule has 1 aliphatic rings. The average molecular weight is 499 g/mol. The van der Waals surface area contributed by atoms with E-state index in [1.54, 1.807) is 0 Å². The van der Waals surface area contributed by atoms with E-state index in [9.17, 15) is 4.79 Å². The lowest BCUT2D eigenvalue weighted by Crippen LogP contribution is -2.55. The Hall–Kier alpha value is -1.96. The fourth-order valence-corrected chi connectivity index (χ4v) is 5.60. The van der Waals surface area contributed by atoms with Gasteiger partial charge in [0.05, 0.1) is 16.9 Å². The second-order valence-corrected chi connectivity index (χ2v) is 10.9. The molecule has 36 heavy (non-hydrogen) atoms. The van der Waals surface area contributed by atoms with Crippen LogP contribution in [0.15, 0.2) is 23.0 Å². The Morgan fingerprint density at radius 1 is 1.03 bits per heavy atom. The number of benzene rings is 1. The van der Waals surface area contributed by atoms with Gasteiger partial charge in [0.2, 0.25) is 0 Å². The van der Waals surface area contributed by atoms with Crippen molar-refractivity contribution in [2.75, 3.05) is 51.7 Å². The van der Waals surface area contributed by atoms with Crippen LogP contribution in [-0.2, 0) is 6.54 Å². The molecular weight excluding hydrogens is 448 g/mol. The molecule has 1 fully saturated rings. The highest BCUT2D eigenvalue weighted by molar-refractivity contribution is 5.82. The van der Waals surface area contributed by atoms with Crippen molar-refractivity contribution < 1.29 is 0 Å². The second kappa shape index (κ2) is 13.5. The van der Waals surface area contributed by atoms with Crippen LogP contribution in [0.2, 0.25) is 0 Å². The molecule has 0 bridgehead atoms. The van der Waals surface area contributed by atoms with Gasteiger partial charge in [-0.25, -0.2) is 4.98 Å². The fourth-order valence-electron chi connectivity index (χ4n) is 5.60. The summed E-state index contributed by atoms with van der Waals surface area (Å²) in [6.07, 6.45) is 5.66. The summed E-state index contributed by atoms with van der Waals surface area (Å²) in [7, 11) is 4.23. The van der Waals surface area contributed by atoms with Crippen molar-refractivity contribution in [2.45, 2.75) is 91.4 Å². The lowest BCUT2D eigenvalue weighted by molar-refractivity contribution is 0.109. The fraction of sp³-hybridized carbons (Fsp3) is 0.724. The van der Waals surface area contributed by atoms with E-state index < -0.39 is 0 Å². The number of anilines is 1. The van der Waals surface area contributed by atoms with Crippen LogP contribution in [-0.4, -0.2) is 78.3 Å². The SMILES string of the molecule is CCCCCN(CCN(C)C)c1ccc2nc(C(CCC)N3C[C@@H](C)N[C@@H](C)C3)n(CC)c(=O)c2c1. The predicted octanol–water partition coefficient (Wildman–Crippen LogP) is 4.50. The van der Waals surface area contributed by atoms with Crippen molar-refractivity contribution in [1.82, 2.24) is 24.7 Å². The van der Waals surface area contributed by atoms with Gasteiger partial charge in [0, 0.05) is 57.0 Å². The summed E-state index contributed by atoms with van der Waals surface area (Å²) < 4.78 is 1.94. The van der Waals surface area contributed by atoms with Gasteiger partial charge in [-0.15, -0.1) is 0 Å². The highest BCUT2D eigenvalue weighted by Crippen LogP contribution is 2.28. The zero-order valence-corrected chi connectivity index (χ0v) is 23.9. The molecule has 1 unspecified atom stereocenters. The maximum Gasteiger partial charge on any atom is 0.261 e. The standard InChI is InChI=1S/C29H50N6O/c1-8-11-12-16-33(18-17-32(6)7)24-14-15-26-25(19-24)29(36)35(10-3)28(31-26)27(13-9-2)34-20-22(4)30-23(5)21-34/h14-15,19,22-23,27,30H,8-13,16-18,20-21H2,1-7H3/t22-,23+,27?. The van der Waals surface area contributed by atoms with E-state index in [4.69, 9.17) is 4.98 Å². The molecule has 0 spiro atoms. The molecule has 3 rings (SSSR count). The van der Waals surface area contributed by atoms with Crippen LogP contribution in [0.1, 0.15) is 78.6 Å². The molecular formula is C29H50N6O. The number of aromatic nitrogens is 2. The average Bonchev–Trinajstić information content (AvgIpc) is 2.83. The third-order valence-corrected chi connectivity index (χ3v) is 7.38. The van der Waals surface area contributed by atoms with Gasteiger partial charge in [0.1, 0.15) is 5.82 Å². The number of nitrogens with zero attached hydrogens (tertiary/aromatic N) is 5. The first-order chi connectivity index (χ1) is 17.3. The van der Waals surface area contributed by atoms with E-state index in [2.05, 4.69) is 86.9 Å². The Labute approximate surface area is 218 Å². The van der Waals surface area contributed by atoms with Crippen LogP contribution in [0.25, 0.3) is 10.9 Å². The van der Waals surface area contributed by atoms with Gasteiger partial charge in [-0.2, -0.15) is 0 Å². The first-order valence-electron chi connectivity index (χ1n) is 14.2. The Kier molecular flexibility index (Phi) is 10.8. The van der Waals surface area contributed by atoms with E-state index in [1.807, 2.05) is 4.57 Å². The van der Waals surface area contributed by atoms with E-state index in [0.29, 0.717) is 18.6 Å². The smallest absolute Gasteiger partial charge is 0.261 e. The molecule has 2 aromatic rings. The minimum atomic E-state index is 0.0952. The minimum absolute atomic E-state index is 0.0952. The van der Waals surface area contributed by atoms with Gasteiger partial charge < -0.3 is 15.1 Å². The quantitative estimate of drug-likeness (QED) is 0.411. The van der Waals surface area contributed by atoms with Crippen LogP contribution in [0, 0.1) is 0 Å². The van der Waals surface area contributed by atoms with E-state index >= 15 is 0 Å². The first-order valence-corrected chi connectivity index (χ1v) is 14.2. The molecule has 0 aliphatic carbocycles. The summed E-state index contributed by atoms with van der Waals surface area (Å²) in [6.45, 7) is 16.6. The lowest BCUT2D eigenvalue weighted by Gasteiger charge is -2.41. The zero-order chi connectivity index (χ0) is 26.2. The molecule has 7 heteroatoms. The van der Waals surface area contributed by atoms with Crippen LogP contribution in [0.3, 0.4) is 0 Å². The molecule has 0 radical (unpaired) electrons. The van der Waals surface area contributed by atoms with E-state index in [-0.39, 0.29) is 11.6 Å². The number of hydrogen-bond donors (Lipinski definition) is 1. The van der Waals surface area contributed by atoms with Gasteiger partial charge in [-0.3, -0.25) is 14.3 Å². The van der Waals surface area contributed by atoms with Crippen molar-refractivity contribution >= 4 is 16.6 Å². The molecule has 1 N–H and O–H groups in total. The monoisotopic (exact) mass is 498 g/mol. The largest absolute Gasteiger partial charge is 0.370 e. The number of piperazine rings is 1. The third-order valence-electron chi connectivity index (χ3n) is 7.38. The van der Waals surface area contributed by atoms with Crippen LogP contribution in [0.4, 0.5) is 5.69 Å². The summed E-state index contributed by atoms with van der Waals surface area (Å²) in [4.78, 5) is 26.2. The second-order valence-electron chi connectivity index (χ2n) is 10.9. The maximum absolute atomic E-state index is 13.9. The normalized spacial score (nSPS) is 19.8. The number of likely N-dealkylation sites (N-methyl/N-ethyl adjacent to an activating group) is 1. The molecule has 2 heterocycles. The van der Waals surface area contributed by atoms with Gasteiger partial charge >= 0.3 is 0 Å². The number of rotatable bonds is 13. The minimum Gasteiger partial charge on any atom is -0.370 e. The number of unbranched alkanes of at least 4 members (excludes halogenated alkanes) is 2. The Balaban J connectivity index is 2.02. The van der Waals surface area contributed by atoms with Crippen LogP contribution < -0.4 is 15.8 Å². The zero-order valence-electron chi connectivity index (χ0n) is 23.9. The molecule has 7 nitrogen and oxygen atoms in total. The van der Waals surface area contributed by atoms with Crippen LogP contribution >= 0.6 is 0 Å². The van der Waals surface area contributed by atoms with E-state index in [1.165, 1.54) is 19.3 Å². The highest BCUT2D eigenvalue weighted by Gasteiger charge is 2.30. The Bertz CT molecular complexity index is 1010. The van der Waals surface area contributed by atoms with Crippen molar-refractivity contribution in [3.05, 3.63) is 34.4 Å². The van der Waals surface area contributed by atoms with Gasteiger partial charge in [-0.05, 0) is 65.9 Å². The summed E-state index contributed by atoms with van der Waals surface area (Å²) in [5, 5.41) is 4.38. The third kappa shape index (κ3) is 7.08. The summed E-state index contributed by atoms with van der Waals surface area (Å²) in [6, 6.07) is 7.35. The Morgan fingerprint density at radius 2 is 1.75 bits per heavy atom. The molecule has 0 saturated carbocycles. The highest BCUT2D eigenvalue weighted by atomic mass is 16.1. The molecule has 1 aromatic carbocycles. The molecule has 0 amide bonds. The van der Waals surface area contributed by atoms with Crippen molar-refractivity contribution in [3.8, 4) is 0 Å². The van der Waals surface area contributed by atoms with E-state index in [0.717, 1.165) is 68.0 Å². The molecule has 202 valence electrons. The summed E-state index contributed by atoms with van der Waals surface area (Å²) >= 11 is 0. The number of hydrogen-bond acceptors (Lipinski definition) is 6. The summed E-state index contributed by atoms with van der Waals surface area (Å²) in [5.41, 5.74) is 2.05. The number of fused-ring (bicyclic) bond motifs is 1. The lowest BCUT2D eigenvalue weighted by atomic mass is 10.0. The predicted molar refractivity (Wildman–Crippen MR) is 153 cm³/mol. The summed E-state index contributed by atoms with van der Waals surface area (Å²) in [5.74, 6) is 0.929. The maximum atomic E-state index is 13.9. The molecule has 3 atom stereocenters. The van der Waals surface area contributed by atoms with Crippen molar-refractivity contribution in [2.24, 2.45) is 0 Å². The van der Waals surface area contributed by atoms with Gasteiger partial charge in [0.25, 0.3) is 5.56 Å². The van der Waals surface area contributed by atoms with Crippen molar-refractivity contribution in [1.29, 1.82) is 0 Å². The Morgan fingerprint density at radius 3 is 2.36 bits per heavy atom. The molecule has 1 aliphatic heterocycles. The van der Waals surface area contributed by atoms with Gasteiger partial charge in [-0.1, -0.05) is 33.1 Å². The van der Waals surface area contributed by atoms with Crippen LogP contribution in [0.5, 0.6) is 0 Å². The topological polar surface area (TPSA) is 56.6 Å². The first kappa shape index (κ1) is 28.6. The number of nitrogens with one attached hydrogen (secondary N) is 1. The molecule has 1 saturated heterocycles.